The first-order chi connectivity index (χ1) is 11.0. The standard InChI is InChI=1S/C20H36N2O/c1-16(2)5-4-6-17(3)15-22-13-11-18(12-14-22)7-10-20(23)21-19-8-9-19/h5,17-19H,4,6-15H2,1-3H3,(H,21,23). The highest BCUT2D eigenvalue weighted by atomic mass is 16.1. The fraction of sp³-hybridized carbons (Fsp3) is 0.850. The molecule has 0 radical (unpaired) electrons. The molecule has 0 aromatic carbocycles. The van der Waals surface area contributed by atoms with Gasteiger partial charge in [-0.15, -0.1) is 0 Å². The summed E-state index contributed by atoms with van der Waals surface area (Å²) in [7, 11) is 0. The molecule has 1 saturated carbocycles. The smallest absolute Gasteiger partial charge is 0.220 e. The van der Waals surface area contributed by atoms with Crippen LogP contribution in [-0.4, -0.2) is 36.5 Å². The Morgan fingerprint density at radius 3 is 2.52 bits per heavy atom. The number of likely N-dealkylation sites (tertiary alicyclic amines) is 1. The Kier molecular flexibility index (Phi) is 7.61. The zero-order valence-electron chi connectivity index (χ0n) is 15.4. The molecule has 1 aliphatic heterocycles. The highest BCUT2D eigenvalue weighted by Gasteiger charge is 2.24. The van der Waals surface area contributed by atoms with Gasteiger partial charge in [-0.05, 0) is 83.7 Å². The van der Waals surface area contributed by atoms with E-state index in [0.29, 0.717) is 6.04 Å². The van der Waals surface area contributed by atoms with Crippen LogP contribution in [0.2, 0.25) is 0 Å². The Morgan fingerprint density at radius 2 is 1.91 bits per heavy atom. The highest BCUT2D eigenvalue weighted by Crippen LogP contribution is 2.24. The number of piperidine rings is 1. The van der Waals surface area contributed by atoms with E-state index < -0.39 is 0 Å². The van der Waals surface area contributed by atoms with Gasteiger partial charge in [-0.1, -0.05) is 18.6 Å². The molecule has 1 heterocycles. The van der Waals surface area contributed by atoms with E-state index >= 15 is 0 Å². The molecule has 132 valence electrons. The summed E-state index contributed by atoms with van der Waals surface area (Å²) in [5, 5.41) is 3.10. The Bertz CT molecular complexity index is 388. The molecule has 0 aromatic heterocycles. The van der Waals surface area contributed by atoms with Crippen LogP contribution in [-0.2, 0) is 4.79 Å². The van der Waals surface area contributed by atoms with Crippen LogP contribution in [0.15, 0.2) is 11.6 Å². The van der Waals surface area contributed by atoms with E-state index in [2.05, 4.69) is 37.1 Å². The monoisotopic (exact) mass is 320 g/mol. The van der Waals surface area contributed by atoms with Crippen molar-refractivity contribution in [3.63, 3.8) is 0 Å². The largest absolute Gasteiger partial charge is 0.353 e. The SMILES string of the molecule is CC(C)=CCCC(C)CN1CCC(CCC(=O)NC2CC2)CC1. The van der Waals surface area contributed by atoms with Gasteiger partial charge >= 0.3 is 0 Å². The number of nitrogens with zero attached hydrogens (tertiary/aromatic N) is 1. The average Bonchev–Trinajstić information content (AvgIpc) is 3.30. The van der Waals surface area contributed by atoms with Gasteiger partial charge in [0.15, 0.2) is 0 Å². The molecule has 1 saturated heterocycles. The lowest BCUT2D eigenvalue weighted by Crippen LogP contribution is -2.37. The predicted molar refractivity (Wildman–Crippen MR) is 97.4 cm³/mol. The first kappa shape index (κ1) is 18.5. The molecule has 1 unspecified atom stereocenters. The van der Waals surface area contributed by atoms with Gasteiger partial charge < -0.3 is 10.2 Å². The molecule has 1 amide bonds. The molecule has 3 heteroatoms. The van der Waals surface area contributed by atoms with Crippen molar-refractivity contribution < 1.29 is 4.79 Å². The van der Waals surface area contributed by atoms with Crippen molar-refractivity contribution in [2.24, 2.45) is 11.8 Å². The lowest BCUT2D eigenvalue weighted by Gasteiger charge is -2.33. The first-order valence-electron chi connectivity index (χ1n) is 9.68. The summed E-state index contributed by atoms with van der Waals surface area (Å²) in [5.41, 5.74) is 1.43. The zero-order valence-corrected chi connectivity index (χ0v) is 15.4. The van der Waals surface area contributed by atoms with E-state index in [9.17, 15) is 4.79 Å². The normalized spacial score (nSPS) is 21.0. The number of rotatable bonds is 9. The molecule has 23 heavy (non-hydrogen) atoms. The molecule has 2 aliphatic rings. The Morgan fingerprint density at radius 1 is 1.22 bits per heavy atom. The number of nitrogens with one attached hydrogen (secondary N) is 1. The fourth-order valence-corrected chi connectivity index (χ4v) is 3.51. The first-order valence-corrected chi connectivity index (χ1v) is 9.68. The maximum Gasteiger partial charge on any atom is 0.220 e. The third-order valence-corrected chi connectivity index (χ3v) is 5.21. The number of allylic oxidation sites excluding steroid dienone is 2. The lowest BCUT2D eigenvalue weighted by molar-refractivity contribution is -0.121. The van der Waals surface area contributed by atoms with Gasteiger partial charge in [-0.2, -0.15) is 0 Å². The third-order valence-electron chi connectivity index (χ3n) is 5.21. The minimum atomic E-state index is 0.280. The van der Waals surface area contributed by atoms with Gasteiger partial charge in [0, 0.05) is 19.0 Å². The molecule has 1 atom stereocenters. The Hall–Kier alpha value is -0.830. The van der Waals surface area contributed by atoms with E-state index in [-0.39, 0.29) is 5.91 Å². The van der Waals surface area contributed by atoms with E-state index in [0.717, 1.165) is 24.7 Å². The molecule has 0 bridgehead atoms. The van der Waals surface area contributed by atoms with Crippen LogP contribution in [0.1, 0.15) is 72.1 Å². The van der Waals surface area contributed by atoms with Crippen molar-refractivity contribution in [2.75, 3.05) is 19.6 Å². The van der Waals surface area contributed by atoms with Gasteiger partial charge in [0.25, 0.3) is 0 Å². The topological polar surface area (TPSA) is 32.3 Å². The molecule has 3 nitrogen and oxygen atoms in total. The molecule has 1 N–H and O–H groups in total. The fourth-order valence-electron chi connectivity index (χ4n) is 3.51. The van der Waals surface area contributed by atoms with Crippen molar-refractivity contribution in [3.8, 4) is 0 Å². The maximum absolute atomic E-state index is 11.8. The van der Waals surface area contributed by atoms with E-state index in [4.69, 9.17) is 0 Å². The van der Waals surface area contributed by atoms with Crippen LogP contribution in [0.5, 0.6) is 0 Å². The summed E-state index contributed by atoms with van der Waals surface area (Å²) in [6, 6.07) is 0.511. The second kappa shape index (κ2) is 9.46. The number of carbonyl (C=O) groups excluding carboxylic acids is 1. The third kappa shape index (κ3) is 8.01. The summed E-state index contributed by atoms with van der Waals surface area (Å²) in [6.45, 7) is 10.4. The van der Waals surface area contributed by atoms with Crippen LogP contribution in [0, 0.1) is 11.8 Å². The van der Waals surface area contributed by atoms with Gasteiger partial charge in [-0.25, -0.2) is 0 Å². The quantitative estimate of drug-likeness (QED) is 0.648. The van der Waals surface area contributed by atoms with Crippen LogP contribution in [0.25, 0.3) is 0 Å². The van der Waals surface area contributed by atoms with Crippen molar-refractivity contribution in [3.05, 3.63) is 11.6 Å². The molecule has 0 aromatic rings. The molecule has 2 fully saturated rings. The summed E-state index contributed by atoms with van der Waals surface area (Å²) < 4.78 is 0. The predicted octanol–water partition coefficient (Wildman–Crippen LogP) is 4.14. The summed E-state index contributed by atoms with van der Waals surface area (Å²) >= 11 is 0. The summed E-state index contributed by atoms with van der Waals surface area (Å²) in [4.78, 5) is 14.4. The second-order valence-electron chi connectivity index (χ2n) is 8.09. The van der Waals surface area contributed by atoms with Gasteiger partial charge in [0.1, 0.15) is 0 Å². The van der Waals surface area contributed by atoms with E-state index in [1.807, 2.05) is 0 Å². The van der Waals surface area contributed by atoms with Crippen LogP contribution < -0.4 is 5.32 Å². The number of hydrogen-bond donors (Lipinski definition) is 1. The van der Waals surface area contributed by atoms with Gasteiger partial charge in [0.05, 0.1) is 0 Å². The van der Waals surface area contributed by atoms with Gasteiger partial charge in [-0.3, -0.25) is 4.79 Å². The lowest BCUT2D eigenvalue weighted by atomic mass is 9.91. The second-order valence-corrected chi connectivity index (χ2v) is 8.09. The van der Waals surface area contributed by atoms with Crippen LogP contribution >= 0.6 is 0 Å². The molecular weight excluding hydrogens is 284 g/mol. The average molecular weight is 321 g/mol. The molecule has 0 spiro atoms. The van der Waals surface area contributed by atoms with Crippen LogP contribution in [0.4, 0.5) is 0 Å². The van der Waals surface area contributed by atoms with E-state index in [1.165, 1.54) is 63.7 Å². The number of hydrogen-bond acceptors (Lipinski definition) is 2. The van der Waals surface area contributed by atoms with E-state index in [1.54, 1.807) is 0 Å². The molecule has 2 rings (SSSR count). The minimum absolute atomic E-state index is 0.280. The maximum atomic E-state index is 11.8. The summed E-state index contributed by atoms with van der Waals surface area (Å²) in [6.07, 6.45) is 11.6. The highest BCUT2D eigenvalue weighted by molar-refractivity contribution is 5.76. The minimum Gasteiger partial charge on any atom is -0.353 e. The number of carbonyl (C=O) groups is 1. The number of amides is 1. The Balaban J connectivity index is 1.54. The molecule has 1 aliphatic carbocycles. The van der Waals surface area contributed by atoms with Crippen molar-refractivity contribution in [1.29, 1.82) is 0 Å². The molecular formula is C20H36N2O. The Labute approximate surface area is 142 Å². The van der Waals surface area contributed by atoms with Crippen LogP contribution in [0.3, 0.4) is 0 Å². The van der Waals surface area contributed by atoms with Crippen molar-refractivity contribution in [1.82, 2.24) is 10.2 Å². The van der Waals surface area contributed by atoms with Crippen molar-refractivity contribution >= 4 is 5.91 Å². The summed E-state index contributed by atoms with van der Waals surface area (Å²) in [5.74, 6) is 1.83. The van der Waals surface area contributed by atoms with Gasteiger partial charge in [0.2, 0.25) is 5.91 Å². The van der Waals surface area contributed by atoms with Crippen molar-refractivity contribution in [2.45, 2.75) is 78.2 Å². The zero-order chi connectivity index (χ0) is 16.7.